The second-order valence-corrected chi connectivity index (χ2v) is 5.77. The van der Waals surface area contributed by atoms with Crippen molar-refractivity contribution in [1.82, 2.24) is 8.01 Å². The Bertz CT molecular complexity index is 321. The fourth-order valence-electron chi connectivity index (χ4n) is 1.99. The minimum atomic E-state index is -0.651. The molecule has 1 atom stereocenters. The van der Waals surface area contributed by atoms with Gasteiger partial charge < -0.3 is 4.90 Å². The van der Waals surface area contributed by atoms with Crippen LogP contribution in [-0.2, 0) is 4.79 Å². The summed E-state index contributed by atoms with van der Waals surface area (Å²) in [4.78, 5) is 14.0. The summed E-state index contributed by atoms with van der Waals surface area (Å²) in [6, 6.07) is 2.41. The Kier molecular flexibility index (Phi) is 2.90. The van der Waals surface area contributed by atoms with Crippen LogP contribution in [0.3, 0.4) is 0 Å². The number of halogens is 1. The summed E-state index contributed by atoms with van der Waals surface area (Å²) in [5.74, 6) is 0.0574. The van der Waals surface area contributed by atoms with Crippen molar-refractivity contribution < 1.29 is 4.79 Å². The van der Waals surface area contributed by atoms with Crippen molar-refractivity contribution >= 4 is 28.8 Å². The molecule has 2 fully saturated rings. The van der Waals surface area contributed by atoms with Gasteiger partial charge in [-0.15, -0.1) is 0 Å². The topological polar surface area (TPSA) is 47.3 Å². The summed E-state index contributed by atoms with van der Waals surface area (Å²) in [6.07, 6.45) is 1.50. The summed E-state index contributed by atoms with van der Waals surface area (Å²) >= 11 is 2.28. The van der Waals surface area contributed by atoms with Crippen LogP contribution in [0, 0.1) is 16.7 Å². The Morgan fingerprint density at radius 2 is 2.20 bits per heavy atom. The molecule has 1 saturated carbocycles. The van der Waals surface area contributed by atoms with E-state index in [1.54, 1.807) is 0 Å². The van der Waals surface area contributed by atoms with Crippen molar-refractivity contribution in [3.05, 3.63) is 0 Å². The van der Waals surface area contributed by atoms with Crippen LogP contribution in [0.1, 0.15) is 19.8 Å². The molecule has 1 aliphatic carbocycles. The Hall–Kier alpha value is -0.350. The second kappa shape index (κ2) is 3.91. The van der Waals surface area contributed by atoms with Crippen molar-refractivity contribution in [3.63, 3.8) is 0 Å². The average Bonchev–Trinajstić information content (AvgIpc) is 2.97. The smallest absolute Gasteiger partial charge is 0.243 e. The highest BCUT2D eigenvalue weighted by atomic mass is 127. The zero-order chi connectivity index (χ0) is 11.1. The number of nitriles is 1. The summed E-state index contributed by atoms with van der Waals surface area (Å²) < 4.78 is 2.19. The largest absolute Gasteiger partial charge is 0.336 e. The Morgan fingerprint density at radius 3 is 2.67 bits per heavy atom. The van der Waals surface area contributed by atoms with Crippen LogP contribution in [0.4, 0.5) is 0 Å². The third-order valence-electron chi connectivity index (χ3n) is 3.21. The first kappa shape index (κ1) is 11.1. The van der Waals surface area contributed by atoms with E-state index in [0.29, 0.717) is 0 Å². The molecule has 0 N–H and O–H groups in total. The van der Waals surface area contributed by atoms with Crippen molar-refractivity contribution in [1.29, 1.82) is 5.26 Å². The van der Waals surface area contributed by atoms with Gasteiger partial charge in [0.15, 0.2) is 0 Å². The molecule has 4 nitrogen and oxygen atoms in total. The van der Waals surface area contributed by atoms with Crippen LogP contribution < -0.4 is 0 Å². The van der Waals surface area contributed by atoms with Crippen LogP contribution in [0.2, 0.25) is 0 Å². The SMILES string of the molecule is CC1CN(I)CCN1C(=O)C1(C#N)CC1. The van der Waals surface area contributed by atoms with Crippen LogP contribution in [-0.4, -0.2) is 39.6 Å². The van der Waals surface area contributed by atoms with Gasteiger partial charge in [0.1, 0.15) is 5.41 Å². The first-order valence-electron chi connectivity index (χ1n) is 5.22. The molecule has 0 aromatic rings. The Labute approximate surface area is 104 Å². The molecule has 2 rings (SSSR count). The quantitative estimate of drug-likeness (QED) is 0.538. The van der Waals surface area contributed by atoms with Gasteiger partial charge in [0.2, 0.25) is 5.91 Å². The normalized spacial score (nSPS) is 29.7. The molecule has 5 heteroatoms. The Morgan fingerprint density at radius 1 is 1.53 bits per heavy atom. The van der Waals surface area contributed by atoms with Gasteiger partial charge in [-0.3, -0.25) is 4.79 Å². The molecule has 1 heterocycles. The lowest BCUT2D eigenvalue weighted by Gasteiger charge is -2.38. The number of hydrogen-bond donors (Lipinski definition) is 0. The van der Waals surface area contributed by atoms with E-state index < -0.39 is 5.41 Å². The molecular weight excluding hydrogens is 305 g/mol. The van der Waals surface area contributed by atoms with Crippen LogP contribution in [0.25, 0.3) is 0 Å². The number of rotatable bonds is 1. The van der Waals surface area contributed by atoms with Gasteiger partial charge in [0.25, 0.3) is 0 Å². The van der Waals surface area contributed by atoms with Gasteiger partial charge in [-0.05, 0) is 19.8 Å². The lowest BCUT2D eigenvalue weighted by Crippen LogP contribution is -2.53. The van der Waals surface area contributed by atoms with Gasteiger partial charge in [0.05, 0.1) is 6.07 Å². The van der Waals surface area contributed by atoms with E-state index >= 15 is 0 Å². The maximum atomic E-state index is 12.1. The van der Waals surface area contributed by atoms with E-state index in [0.717, 1.165) is 32.5 Å². The molecule has 0 spiro atoms. The summed E-state index contributed by atoms with van der Waals surface area (Å²) in [6.45, 7) is 4.61. The number of carbonyl (C=O) groups excluding carboxylic acids is 1. The van der Waals surface area contributed by atoms with Crippen molar-refractivity contribution in [2.75, 3.05) is 19.6 Å². The van der Waals surface area contributed by atoms with Crippen LogP contribution in [0.5, 0.6) is 0 Å². The highest BCUT2D eigenvalue weighted by molar-refractivity contribution is 14.1. The van der Waals surface area contributed by atoms with Crippen molar-refractivity contribution in [2.45, 2.75) is 25.8 Å². The molecule has 1 aliphatic heterocycles. The molecule has 1 unspecified atom stereocenters. The fraction of sp³-hybridized carbons (Fsp3) is 0.800. The monoisotopic (exact) mass is 319 g/mol. The Balaban J connectivity index is 2.05. The first-order valence-corrected chi connectivity index (χ1v) is 6.18. The standard InChI is InChI=1S/C10H14IN3O/c1-8-6-13(11)4-5-14(8)9(15)10(7-12)2-3-10/h8H,2-6H2,1H3. The third kappa shape index (κ3) is 1.97. The van der Waals surface area contributed by atoms with Gasteiger partial charge in [-0.1, -0.05) is 0 Å². The minimum absolute atomic E-state index is 0.0574. The van der Waals surface area contributed by atoms with Crippen molar-refractivity contribution in [2.24, 2.45) is 5.41 Å². The highest BCUT2D eigenvalue weighted by Crippen LogP contribution is 2.47. The van der Waals surface area contributed by atoms with E-state index in [1.807, 2.05) is 4.90 Å². The summed E-state index contributed by atoms with van der Waals surface area (Å²) in [5, 5.41) is 8.99. The second-order valence-electron chi connectivity index (χ2n) is 4.41. The van der Waals surface area contributed by atoms with E-state index in [9.17, 15) is 4.79 Å². The number of amides is 1. The first-order chi connectivity index (χ1) is 7.09. The lowest BCUT2D eigenvalue weighted by atomic mass is 10.1. The molecule has 2 aliphatic rings. The molecule has 0 aromatic heterocycles. The molecule has 82 valence electrons. The van der Waals surface area contributed by atoms with Crippen molar-refractivity contribution in [3.8, 4) is 6.07 Å². The number of nitrogens with zero attached hydrogens (tertiary/aromatic N) is 3. The predicted molar refractivity (Wildman–Crippen MR) is 64.0 cm³/mol. The lowest BCUT2D eigenvalue weighted by molar-refractivity contribution is -0.138. The minimum Gasteiger partial charge on any atom is -0.336 e. The summed E-state index contributed by atoms with van der Waals surface area (Å²) in [5.41, 5.74) is -0.651. The van der Waals surface area contributed by atoms with Gasteiger partial charge in [0, 0.05) is 48.5 Å². The predicted octanol–water partition coefficient (Wildman–Crippen LogP) is 1.17. The molecule has 0 aromatic carbocycles. The molecule has 0 radical (unpaired) electrons. The molecule has 0 bridgehead atoms. The van der Waals surface area contributed by atoms with E-state index in [-0.39, 0.29) is 11.9 Å². The number of hydrogen-bond acceptors (Lipinski definition) is 3. The van der Waals surface area contributed by atoms with E-state index in [4.69, 9.17) is 5.26 Å². The maximum Gasteiger partial charge on any atom is 0.243 e. The van der Waals surface area contributed by atoms with Gasteiger partial charge in [-0.25, -0.2) is 3.11 Å². The number of piperazine rings is 1. The van der Waals surface area contributed by atoms with Gasteiger partial charge >= 0.3 is 0 Å². The molecule has 1 saturated heterocycles. The molecule has 1 amide bonds. The third-order valence-corrected chi connectivity index (χ3v) is 4.09. The van der Waals surface area contributed by atoms with E-state index in [2.05, 4.69) is 39.0 Å². The highest BCUT2D eigenvalue weighted by Gasteiger charge is 2.53. The number of carbonyl (C=O) groups is 1. The maximum absolute atomic E-state index is 12.1. The molecule has 15 heavy (non-hydrogen) atoms. The van der Waals surface area contributed by atoms with E-state index in [1.165, 1.54) is 0 Å². The van der Waals surface area contributed by atoms with Gasteiger partial charge in [-0.2, -0.15) is 5.26 Å². The summed E-state index contributed by atoms with van der Waals surface area (Å²) in [7, 11) is 0. The fourth-order valence-corrected chi connectivity index (χ4v) is 2.77. The van der Waals surface area contributed by atoms with Crippen LogP contribution in [0.15, 0.2) is 0 Å². The van der Waals surface area contributed by atoms with Crippen LogP contribution >= 0.6 is 22.9 Å². The zero-order valence-electron chi connectivity index (χ0n) is 8.74. The zero-order valence-corrected chi connectivity index (χ0v) is 10.9. The molecular formula is C10H14IN3O. The average molecular weight is 319 g/mol.